The van der Waals surface area contributed by atoms with Gasteiger partial charge in [-0.15, -0.1) is 6.58 Å². The number of allylic oxidation sites excluding steroid dienone is 2. The van der Waals surface area contributed by atoms with E-state index in [1.165, 1.54) is 0 Å². The predicted octanol–water partition coefficient (Wildman–Crippen LogP) is 4.56. The first kappa shape index (κ1) is 23.0. The van der Waals surface area contributed by atoms with Gasteiger partial charge in [0.25, 0.3) is 0 Å². The predicted molar refractivity (Wildman–Crippen MR) is 131 cm³/mol. The van der Waals surface area contributed by atoms with Crippen LogP contribution >= 0.6 is 0 Å². The summed E-state index contributed by atoms with van der Waals surface area (Å²) in [6, 6.07) is 12.3. The fourth-order valence-corrected chi connectivity index (χ4v) is 5.05. The first-order valence-corrected chi connectivity index (χ1v) is 11.9. The number of amides is 2. The number of nitrogens with zero attached hydrogens (tertiary/aromatic N) is 2. The van der Waals surface area contributed by atoms with Gasteiger partial charge in [0, 0.05) is 37.9 Å². The van der Waals surface area contributed by atoms with Crippen molar-refractivity contribution in [1.29, 1.82) is 0 Å². The van der Waals surface area contributed by atoms with Crippen molar-refractivity contribution >= 4 is 11.8 Å². The van der Waals surface area contributed by atoms with Crippen LogP contribution in [0.5, 0.6) is 0 Å². The molecule has 1 saturated heterocycles. The molecule has 2 aliphatic rings. The number of aromatic nitrogens is 1. The molecule has 1 aliphatic heterocycles. The fraction of sp³-hybridized carbons (Fsp3) is 0.393. The zero-order valence-electron chi connectivity index (χ0n) is 19.2. The molecule has 0 radical (unpaired) electrons. The molecular weight excluding hydrogens is 410 g/mol. The van der Waals surface area contributed by atoms with E-state index in [-0.39, 0.29) is 17.7 Å². The quantitative estimate of drug-likeness (QED) is 0.638. The molecule has 2 amide bonds. The minimum absolute atomic E-state index is 0.0573. The molecule has 0 unspecified atom stereocenters. The van der Waals surface area contributed by atoms with Crippen molar-refractivity contribution in [3.8, 4) is 11.1 Å². The molecule has 1 fully saturated rings. The van der Waals surface area contributed by atoms with Gasteiger partial charge in [-0.2, -0.15) is 0 Å². The highest BCUT2D eigenvalue weighted by atomic mass is 16.2. The number of carbonyl (C=O) groups is 2. The van der Waals surface area contributed by atoms with Crippen LogP contribution in [0.15, 0.2) is 73.6 Å². The second-order valence-electron chi connectivity index (χ2n) is 9.20. The highest BCUT2D eigenvalue weighted by molar-refractivity contribution is 5.84. The lowest BCUT2D eigenvalue weighted by molar-refractivity contribution is -0.143. The Bertz CT molecular complexity index is 1010. The van der Waals surface area contributed by atoms with Crippen molar-refractivity contribution in [2.45, 2.75) is 38.5 Å². The summed E-state index contributed by atoms with van der Waals surface area (Å²) in [5.74, 6) is 0.396. The number of pyridine rings is 1. The molecule has 1 aromatic carbocycles. The summed E-state index contributed by atoms with van der Waals surface area (Å²) < 4.78 is 0. The van der Waals surface area contributed by atoms with E-state index in [0.717, 1.165) is 36.0 Å². The lowest BCUT2D eigenvalue weighted by Crippen LogP contribution is -2.52. The minimum Gasteiger partial charge on any atom is -0.352 e. The van der Waals surface area contributed by atoms with Crippen LogP contribution in [0.25, 0.3) is 11.1 Å². The van der Waals surface area contributed by atoms with E-state index in [9.17, 15) is 9.59 Å². The summed E-state index contributed by atoms with van der Waals surface area (Å²) in [7, 11) is 0. The van der Waals surface area contributed by atoms with Crippen LogP contribution in [0.3, 0.4) is 0 Å². The van der Waals surface area contributed by atoms with Crippen molar-refractivity contribution in [2.75, 3.05) is 19.6 Å². The maximum atomic E-state index is 13.3. The first-order valence-electron chi connectivity index (χ1n) is 11.9. The summed E-state index contributed by atoms with van der Waals surface area (Å²) in [6.07, 6.45) is 14.4. The SMILES string of the molecule is C=CCNC(=O)C1(Cc2cccc(-c3cccnc3)c2)CCN(C(=O)[C@@H]2CC=CCC2)CC1. The average Bonchev–Trinajstić information content (AvgIpc) is 2.88. The fourth-order valence-electron chi connectivity index (χ4n) is 5.05. The highest BCUT2D eigenvalue weighted by Gasteiger charge is 2.42. The topological polar surface area (TPSA) is 62.3 Å². The Hall–Kier alpha value is -3.21. The van der Waals surface area contributed by atoms with Gasteiger partial charge in [0.2, 0.25) is 11.8 Å². The van der Waals surface area contributed by atoms with Gasteiger partial charge in [0.1, 0.15) is 0 Å². The lowest BCUT2D eigenvalue weighted by Gasteiger charge is -2.42. The second kappa shape index (κ2) is 10.6. The van der Waals surface area contributed by atoms with Gasteiger partial charge in [-0.3, -0.25) is 14.6 Å². The van der Waals surface area contributed by atoms with Crippen LogP contribution in [0.1, 0.15) is 37.7 Å². The Balaban J connectivity index is 1.51. The summed E-state index contributed by atoms with van der Waals surface area (Å²) in [6.45, 7) is 5.45. The van der Waals surface area contributed by atoms with E-state index < -0.39 is 5.41 Å². The summed E-state index contributed by atoms with van der Waals surface area (Å²) in [4.78, 5) is 32.6. The number of piperidine rings is 1. The van der Waals surface area contributed by atoms with Crippen LogP contribution in [-0.2, 0) is 16.0 Å². The zero-order chi connectivity index (χ0) is 23.1. The summed E-state index contributed by atoms with van der Waals surface area (Å²) in [5, 5.41) is 3.04. The van der Waals surface area contributed by atoms with Gasteiger partial charge in [-0.05, 0) is 61.3 Å². The number of carbonyl (C=O) groups excluding carboxylic acids is 2. The summed E-state index contributed by atoms with van der Waals surface area (Å²) in [5.41, 5.74) is 2.76. The third-order valence-electron chi connectivity index (χ3n) is 7.00. The van der Waals surface area contributed by atoms with E-state index in [4.69, 9.17) is 0 Å². The lowest BCUT2D eigenvalue weighted by atomic mass is 9.72. The number of rotatable bonds is 7. The second-order valence-corrected chi connectivity index (χ2v) is 9.20. The van der Waals surface area contributed by atoms with Crippen LogP contribution in [-0.4, -0.2) is 41.3 Å². The van der Waals surface area contributed by atoms with Crippen LogP contribution in [0, 0.1) is 11.3 Å². The van der Waals surface area contributed by atoms with Crippen molar-refractivity contribution in [2.24, 2.45) is 11.3 Å². The Morgan fingerprint density at radius 2 is 1.97 bits per heavy atom. The van der Waals surface area contributed by atoms with Gasteiger partial charge >= 0.3 is 0 Å². The maximum Gasteiger partial charge on any atom is 0.226 e. The molecule has 4 rings (SSSR count). The highest BCUT2D eigenvalue weighted by Crippen LogP contribution is 2.37. The minimum atomic E-state index is -0.528. The normalized spacial score (nSPS) is 19.6. The molecule has 172 valence electrons. The average molecular weight is 444 g/mol. The van der Waals surface area contributed by atoms with Gasteiger partial charge in [-0.25, -0.2) is 0 Å². The largest absolute Gasteiger partial charge is 0.352 e. The number of hydrogen-bond acceptors (Lipinski definition) is 3. The Kier molecular flexibility index (Phi) is 7.38. The molecule has 1 atom stereocenters. The van der Waals surface area contributed by atoms with Crippen molar-refractivity contribution < 1.29 is 9.59 Å². The van der Waals surface area contributed by atoms with Gasteiger partial charge in [0.15, 0.2) is 0 Å². The molecule has 1 aromatic heterocycles. The molecule has 33 heavy (non-hydrogen) atoms. The van der Waals surface area contributed by atoms with Crippen LogP contribution in [0.2, 0.25) is 0 Å². The molecular formula is C28H33N3O2. The molecule has 2 heterocycles. The maximum absolute atomic E-state index is 13.3. The molecule has 0 saturated carbocycles. The van der Waals surface area contributed by atoms with E-state index in [1.807, 2.05) is 29.3 Å². The monoisotopic (exact) mass is 443 g/mol. The van der Waals surface area contributed by atoms with Crippen LogP contribution in [0.4, 0.5) is 0 Å². The third-order valence-corrected chi connectivity index (χ3v) is 7.00. The van der Waals surface area contributed by atoms with Crippen molar-refractivity contribution in [3.05, 3.63) is 79.2 Å². The molecule has 1 N–H and O–H groups in total. The molecule has 2 aromatic rings. The van der Waals surface area contributed by atoms with Crippen molar-refractivity contribution in [1.82, 2.24) is 15.2 Å². The van der Waals surface area contributed by atoms with E-state index >= 15 is 0 Å². The van der Waals surface area contributed by atoms with Gasteiger partial charge in [0.05, 0.1) is 5.41 Å². The van der Waals surface area contributed by atoms with E-state index in [0.29, 0.717) is 38.9 Å². The van der Waals surface area contributed by atoms with Crippen LogP contribution < -0.4 is 5.32 Å². The van der Waals surface area contributed by atoms with Gasteiger partial charge in [-0.1, -0.05) is 48.6 Å². The Morgan fingerprint density at radius 3 is 2.67 bits per heavy atom. The molecule has 1 aliphatic carbocycles. The summed E-state index contributed by atoms with van der Waals surface area (Å²) >= 11 is 0. The Morgan fingerprint density at radius 1 is 1.15 bits per heavy atom. The molecule has 0 bridgehead atoms. The third kappa shape index (κ3) is 5.41. The number of benzene rings is 1. The number of hydrogen-bond donors (Lipinski definition) is 1. The zero-order valence-corrected chi connectivity index (χ0v) is 19.2. The Labute approximate surface area is 196 Å². The molecule has 0 spiro atoms. The van der Waals surface area contributed by atoms with E-state index in [2.05, 4.69) is 47.2 Å². The van der Waals surface area contributed by atoms with Gasteiger partial charge < -0.3 is 10.2 Å². The standard InChI is InChI=1S/C28H33N3O2/c1-2-15-30-27(33)28(13-17-31(18-14-28)26(32)23-9-4-3-5-10-23)20-22-8-6-11-24(19-22)25-12-7-16-29-21-25/h2-4,6-8,11-12,16,19,21,23H,1,5,9-10,13-15,17-18,20H2,(H,30,33)/t23-/m1/s1. The van der Waals surface area contributed by atoms with E-state index in [1.54, 1.807) is 12.3 Å². The number of likely N-dealkylation sites (tertiary alicyclic amines) is 1. The smallest absolute Gasteiger partial charge is 0.226 e. The molecule has 5 heteroatoms. The van der Waals surface area contributed by atoms with Crippen molar-refractivity contribution in [3.63, 3.8) is 0 Å². The first-order chi connectivity index (χ1) is 16.1. The number of nitrogens with one attached hydrogen (secondary N) is 1. The molecule has 5 nitrogen and oxygen atoms in total.